The van der Waals surface area contributed by atoms with Gasteiger partial charge in [0, 0.05) is 30.6 Å². The highest BCUT2D eigenvalue weighted by Crippen LogP contribution is 2.41. The molecule has 8 heteroatoms. The molecule has 1 unspecified atom stereocenters. The van der Waals surface area contributed by atoms with E-state index in [1.807, 2.05) is 24.3 Å². The van der Waals surface area contributed by atoms with Crippen LogP contribution in [-0.4, -0.2) is 38.0 Å². The number of carbonyl (C=O) groups is 2. The van der Waals surface area contributed by atoms with Crippen molar-refractivity contribution in [3.8, 4) is 0 Å². The number of sulfonamides is 1. The van der Waals surface area contributed by atoms with E-state index in [4.69, 9.17) is 11.6 Å². The molecule has 1 saturated carbocycles. The summed E-state index contributed by atoms with van der Waals surface area (Å²) in [4.78, 5) is 24.0. The van der Waals surface area contributed by atoms with Crippen LogP contribution in [0.25, 0.3) is 0 Å². The standard InChI is InChI=1S/C23H27ClN2O4S/c1-16(27)17-9-13-21(14-10-17)31(29,30)26(2)15-3-4-22(28)25-23(18-5-6-18)19-7-11-20(24)12-8-19/h7-14,18,23H,3-6,15H2,1-2H3,(H,25,28). The molecule has 1 atom stereocenters. The summed E-state index contributed by atoms with van der Waals surface area (Å²) in [6.45, 7) is 1.65. The topological polar surface area (TPSA) is 83.6 Å². The van der Waals surface area contributed by atoms with Crippen molar-refractivity contribution in [2.24, 2.45) is 5.92 Å². The second-order valence-corrected chi connectivity index (χ2v) is 10.4. The van der Waals surface area contributed by atoms with E-state index in [1.54, 1.807) is 0 Å². The molecule has 0 saturated heterocycles. The average Bonchev–Trinajstić information content (AvgIpc) is 3.58. The van der Waals surface area contributed by atoms with Gasteiger partial charge in [-0.2, -0.15) is 0 Å². The third-order valence-electron chi connectivity index (χ3n) is 5.48. The van der Waals surface area contributed by atoms with E-state index in [0.29, 0.717) is 22.9 Å². The van der Waals surface area contributed by atoms with Gasteiger partial charge < -0.3 is 5.32 Å². The molecule has 6 nitrogen and oxygen atoms in total. The van der Waals surface area contributed by atoms with Gasteiger partial charge in [0.2, 0.25) is 15.9 Å². The average molecular weight is 463 g/mol. The van der Waals surface area contributed by atoms with Crippen LogP contribution >= 0.6 is 11.6 Å². The Balaban J connectivity index is 1.53. The molecule has 0 aromatic heterocycles. The molecule has 2 aromatic carbocycles. The summed E-state index contributed by atoms with van der Waals surface area (Å²) in [5.41, 5.74) is 1.50. The second kappa shape index (κ2) is 9.94. The van der Waals surface area contributed by atoms with E-state index in [0.717, 1.165) is 18.4 Å². The van der Waals surface area contributed by atoms with Gasteiger partial charge in [-0.3, -0.25) is 9.59 Å². The molecular formula is C23H27ClN2O4S. The molecule has 0 radical (unpaired) electrons. The number of amides is 1. The molecule has 1 amide bonds. The zero-order valence-electron chi connectivity index (χ0n) is 17.7. The number of nitrogens with zero attached hydrogens (tertiary/aromatic N) is 1. The zero-order valence-corrected chi connectivity index (χ0v) is 19.2. The summed E-state index contributed by atoms with van der Waals surface area (Å²) in [5, 5.41) is 3.75. The fourth-order valence-electron chi connectivity index (χ4n) is 3.44. The Kier molecular flexibility index (Phi) is 7.51. The first-order chi connectivity index (χ1) is 14.7. The quantitative estimate of drug-likeness (QED) is 0.536. The lowest BCUT2D eigenvalue weighted by molar-refractivity contribution is -0.122. The van der Waals surface area contributed by atoms with E-state index in [9.17, 15) is 18.0 Å². The molecule has 1 aliphatic carbocycles. The van der Waals surface area contributed by atoms with E-state index in [1.165, 1.54) is 42.5 Å². The Morgan fingerprint density at radius 1 is 1.10 bits per heavy atom. The van der Waals surface area contributed by atoms with Crippen LogP contribution in [0.5, 0.6) is 0 Å². The normalized spacial score (nSPS) is 15.0. The summed E-state index contributed by atoms with van der Waals surface area (Å²) >= 11 is 5.96. The third-order valence-corrected chi connectivity index (χ3v) is 7.61. The van der Waals surface area contributed by atoms with Gasteiger partial charge in [0.15, 0.2) is 5.78 Å². The van der Waals surface area contributed by atoms with E-state index in [2.05, 4.69) is 5.32 Å². The molecule has 1 fully saturated rings. The number of benzene rings is 2. The van der Waals surface area contributed by atoms with Crippen LogP contribution in [0.15, 0.2) is 53.4 Å². The van der Waals surface area contributed by atoms with Crippen molar-refractivity contribution in [2.75, 3.05) is 13.6 Å². The lowest BCUT2D eigenvalue weighted by atomic mass is 10.0. The highest BCUT2D eigenvalue weighted by atomic mass is 35.5. The maximum atomic E-state index is 12.7. The van der Waals surface area contributed by atoms with Crippen LogP contribution in [0.4, 0.5) is 0 Å². The summed E-state index contributed by atoms with van der Waals surface area (Å²) in [5.74, 6) is 0.223. The largest absolute Gasteiger partial charge is 0.349 e. The van der Waals surface area contributed by atoms with Crippen molar-refractivity contribution in [2.45, 2.75) is 43.5 Å². The van der Waals surface area contributed by atoms with Gasteiger partial charge in [-0.25, -0.2) is 12.7 Å². The highest BCUT2D eigenvalue weighted by molar-refractivity contribution is 7.89. The molecule has 0 bridgehead atoms. The van der Waals surface area contributed by atoms with Crippen LogP contribution < -0.4 is 5.32 Å². The van der Waals surface area contributed by atoms with Crippen LogP contribution in [0, 0.1) is 5.92 Å². The summed E-state index contributed by atoms with van der Waals surface area (Å²) in [6, 6.07) is 13.3. The minimum absolute atomic E-state index is 0.0361. The summed E-state index contributed by atoms with van der Waals surface area (Å²) in [6.07, 6.45) is 2.80. The van der Waals surface area contributed by atoms with E-state index >= 15 is 0 Å². The van der Waals surface area contributed by atoms with Crippen LogP contribution in [-0.2, 0) is 14.8 Å². The summed E-state index contributed by atoms with van der Waals surface area (Å²) < 4.78 is 26.6. The summed E-state index contributed by atoms with van der Waals surface area (Å²) in [7, 11) is -2.18. The zero-order chi connectivity index (χ0) is 22.6. The Morgan fingerprint density at radius 3 is 2.26 bits per heavy atom. The molecule has 0 spiro atoms. The predicted molar refractivity (Wildman–Crippen MR) is 121 cm³/mol. The number of nitrogens with one attached hydrogen (secondary N) is 1. The smallest absolute Gasteiger partial charge is 0.242 e. The van der Waals surface area contributed by atoms with Gasteiger partial charge in [-0.05, 0) is 61.9 Å². The Labute approximate surface area is 188 Å². The first-order valence-corrected chi connectivity index (χ1v) is 12.1. The minimum atomic E-state index is -3.68. The number of Topliss-reactive ketones (excluding diaryl/α,β-unsaturated/α-hetero) is 1. The van der Waals surface area contributed by atoms with Gasteiger partial charge in [-0.15, -0.1) is 0 Å². The van der Waals surface area contributed by atoms with Crippen molar-refractivity contribution in [3.05, 3.63) is 64.7 Å². The predicted octanol–water partition coefficient (Wildman–Crippen LogP) is 4.21. The Hall–Kier alpha value is -2.22. The Morgan fingerprint density at radius 2 is 1.71 bits per heavy atom. The molecule has 0 aliphatic heterocycles. The molecule has 0 heterocycles. The minimum Gasteiger partial charge on any atom is -0.349 e. The molecule has 166 valence electrons. The molecule has 1 aliphatic rings. The van der Waals surface area contributed by atoms with Gasteiger partial charge in [0.25, 0.3) is 0 Å². The monoisotopic (exact) mass is 462 g/mol. The number of hydrogen-bond acceptors (Lipinski definition) is 4. The van der Waals surface area contributed by atoms with Crippen molar-refractivity contribution in [1.82, 2.24) is 9.62 Å². The Bertz CT molecular complexity index is 1030. The lowest BCUT2D eigenvalue weighted by Crippen LogP contribution is -2.32. The molecular weight excluding hydrogens is 436 g/mol. The molecule has 2 aromatic rings. The van der Waals surface area contributed by atoms with E-state index < -0.39 is 10.0 Å². The lowest BCUT2D eigenvalue weighted by Gasteiger charge is -2.20. The van der Waals surface area contributed by atoms with Gasteiger partial charge in [-0.1, -0.05) is 35.9 Å². The van der Waals surface area contributed by atoms with E-state index in [-0.39, 0.29) is 35.6 Å². The number of halogens is 1. The number of hydrogen-bond donors (Lipinski definition) is 1. The maximum absolute atomic E-state index is 12.7. The van der Waals surface area contributed by atoms with Crippen LogP contribution in [0.1, 0.15) is 54.6 Å². The number of carbonyl (C=O) groups excluding carboxylic acids is 2. The second-order valence-electron chi connectivity index (χ2n) is 7.94. The molecule has 3 rings (SSSR count). The molecule has 1 N–H and O–H groups in total. The van der Waals surface area contributed by atoms with Crippen molar-refractivity contribution >= 4 is 33.3 Å². The van der Waals surface area contributed by atoms with Gasteiger partial charge >= 0.3 is 0 Å². The highest BCUT2D eigenvalue weighted by Gasteiger charge is 2.33. The third kappa shape index (κ3) is 6.15. The van der Waals surface area contributed by atoms with Crippen molar-refractivity contribution in [1.29, 1.82) is 0 Å². The van der Waals surface area contributed by atoms with Gasteiger partial charge in [0.05, 0.1) is 10.9 Å². The first kappa shape index (κ1) is 23.4. The van der Waals surface area contributed by atoms with Crippen molar-refractivity contribution in [3.63, 3.8) is 0 Å². The fourth-order valence-corrected chi connectivity index (χ4v) is 4.78. The molecule has 31 heavy (non-hydrogen) atoms. The SMILES string of the molecule is CC(=O)c1ccc(S(=O)(=O)N(C)CCCC(=O)NC(c2ccc(Cl)cc2)C2CC2)cc1. The van der Waals surface area contributed by atoms with Gasteiger partial charge in [0.1, 0.15) is 0 Å². The number of rotatable bonds is 10. The van der Waals surface area contributed by atoms with Crippen LogP contribution in [0.3, 0.4) is 0 Å². The van der Waals surface area contributed by atoms with Crippen molar-refractivity contribution < 1.29 is 18.0 Å². The first-order valence-electron chi connectivity index (χ1n) is 10.3. The fraction of sp³-hybridized carbons (Fsp3) is 0.391. The van der Waals surface area contributed by atoms with Crippen LogP contribution in [0.2, 0.25) is 5.02 Å². The maximum Gasteiger partial charge on any atom is 0.242 e. The number of ketones is 1.